The Morgan fingerprint density at radius 3 is 2.38 bits per heavy atom. The molecule has 6 nitrogen and oxygen atoms in total. The number of amides is 2. The quantitative estimate of drug-likeness (QED) is 0.466. The summed E-state index contributed by atoms with van der Waals surface area (Å²) in [5, 5.41) is 15.1. The molecule has 2 amide bonds. The number of phenols is 1. The predicted octanol–water partition coefficient (Wildman–Crippen LogP) is 2.69. The molecule has 2 saturated carbocycles. The summed E-state index contributed by atoms with van der Waals surface area (Å²) in [6, 6.07) is 3.25. The fourth-order valence-corrected chi connectivity index (χ4v) is 5.58. The maximum absolute atomic E-state index is 12.9. The molecule has 5 rings (SSSR count). The number of allylic oxidation sites excluding steroid dienone is 2. The molecule has 1 aromatic carbocycles. The van der Waals surface area contributed by atoms with Gasteiger partial charge in [-0.25, -0.2) is 0 Å². The van der Waals surface area contributed by atoms with Crippen molar-refractivity contribution in [3.8, 4) is 11.5 Å². The molecule has 2 bridgehead atoms. The van der Waals surface area contributed by atoms with Crippen molar-refractivity contribution in [2.45, 2.75) is 12.8 Å². The van der Waals surface area contributed by atoms with E-state index in [0.29, 0.717) is 10.0 Å². The van der Waals surface area contributed by atoms with Gasteiger partial charge in [0, 0.05) is 0 Å². The fraction of sp³-hybridized carbons (Fsp3) is 0.421. The lowest BCUT2D eigenvalue weighted by molar-refractivity contribution is -0.141. The Balaban J connectivity index is 1.43. The molecule has 7 heteroatoms. The monoisotopic (exact) mass is 416 g/mol. The van der Waals surface area contributed by atoms with Crippen LogP contribution in [-0.2, 0) is 9.59 Å². The number of hydrogen-bond acceptors (Lipinski definition) is 5. The number of carbonyl (C=O) groups is 2. The molecular weight excluding hydrogens is 400 g/mol. The van der Waals surface area contributed by atoms with Crippen LogP contribution in [0.5, 0.6) is 11.5 Å². The summed E-state index contributed by atoms with van der Waals surface area (Å²) in [6.07, 6.45) is 7.96. The number of rotatable bonds is 3. The molecule has 134 valence electrons. The van der Waals surface area contributed by atoms with Gasteiger partial charge in [-0.2, -0.15) is 10.1 Å². The topological polar surface area (TPSA) is 79.2 Å². The van der Waals surface area contributed by atoms with Gasteiger partial charge in [0.1, 0.15) is 0 Å². The standard InChI is InChI=1S/C19H17BrN2O4/c1-26-13-7-9(6-12(20)16(13)23)8-21-22-17(24)14-10-2-3-11(15(14)18(22)25)19(10)4-5-19/h2-3,6-8,10-11,14-15,23H,4-5H2,1H3/b21-8-/t10-,11-,14-,15-/m0/s1. The van der Waals surface area contributed by atoms with Crippen molar-refractivity contribution in [1.82, 2.24) is 5.01 Å². The number of phenolic OH excluding ortho intramolecular Hbond substituents is 1. The number of aromatic hydroxyl groups is 1. The Morgan fingerprint density at radius 2 is 1.85 bits per heavy atom. The largest absolute Gasteiger partial charge is 0.503 e. The van der Waals surface area contributed by atoms with Crippen molar-refractivity contribution in [2.24, 2.45) is 34.2 Å². The van der Waals surface area contributed by atoms with Crippen molar-refractivity contribution < 1.29 is 19.4 Å². The highest BCUT2D eigenvalue weighted by Gasteiger charge is 2.73. The number of carbonyl (C=O) groups excluding carboxylic acids is 2. The van der Waals surface area contributed by atoms with Crippen LogP contribution < -0.4 is 4.74 Å². The van der Waals surface area contributed by atoms with Crippen LogP contribution in [0.1, 0.15) is 18.4 Å². The molecule has 3 aliphatic carbocycles. The van der Waals surface area contributed by atoms with Crippen molar-refractivity contribution in [2.75, 3.05) is 7.11 Å². The van der Waals surface area contributed by atoms with Gasteiger partial charge in [0.2, 0.25) is 0 Å². The molecule has 1 spiro atoms. The summed E-state index contributed by atoms with van der Waals surface area (Å²) < 4.78 is 5.56. The zero-order valence-electron chi connectivity index (χ0n) is 14.1. The van der Waals surface area contributed by atoms with Gasteiger partial charge < -0.3 is 9.84 Å². The number of ether oxygens (including phenoxy) is 1. The minimum Gasteiger partial charge on any atom is -0.503 e. The lowest BCUT2D eigenvalue weighted by Gasteiger charge is -2.18. The smallest absolute Gasteiger partial charge is 0.254 e. The third-order valence-corrected chi connectivity index (χ3v) is 7.03. The van der Waals surface area contributed by atoms with E-state index in [4.69, 9.17) is 4.74 Å². The number of halogens is 1. The normalized spacial score (nSPS) is 32.9. The van der Waals surface area contributed by atoms with Gasteiger partial charge in [0.05, 0.1) is 29.6 Å². The van der Waals surface area contributed by atoms with Crippen LogP contribution >= 0.6 is 15.9 Å². The lowest BCUT2D eigenvalue weighted by Crippen LogP contribution is -2.30. The van der Waals surface area contributed by atoms with Crippen molar-refractivity contribution in [3.63, 3.8) is 0 Å². The number of imide groups is 1. The first-order valence-corrected chi connectivity index (χ1v) is 9.44. The summed E-state index contributed by atoms with van der Waals surface area (Å²) in [6.45, 7) is 0. The molecule has 1 aliphatic heterocycles. The third kappa shape index (κ3) is 1.89. The van der Waals surface area contributed by atoms with E-state index in [9.17, 15) is 14.7 Å². The Kier molecular flexibility index (Phi) is 3.20. The van der Waals surface area contributed by atoms with E-state index in [1.807, 2.05) is 0 Å². The fourth-order valence-electron chi connectivity index (χ4n) is 5.12. The van der Waals surface area contributed by atoms with Crippen molar-refractivity contribution in [1.29, 1.82) is 0 Å². The van der Waals surface area contributed by atoms with E-state index >= 15 is 0 Å². The Morgan fingerprint density at radius 1 is 1.23 bits per heavy atom. The molecule has 4 atom stereocenters. The third-order valence-electron chi connectivity index (χ3n) is 6.42. The first-order chi connectivity index (χ1) is 12.5. The van der Waals surface area contributed by atoms with E-state index in [1.54, 1.807) is 12.1 Å². The van der Waals surface area contributed by atoms with Crippen LogP contribution in [0.25, 0.3) is 0 Å². The minimum absolute atomic E-state index is 0.00936. The summed E-state index contributed by atoms with van der Waals surface area (Å²) in [5.41, 5.74) is 0.801. The van der Waals surface area contributed by atoms with Gasteiger partial charge >= 0.3 is 0 Å². The summed E-state index contributed by atoms with van der Waals surface area (Å²) in [7, 11) is 1.45. The molecule has 0 radical (unpaired) electrons. The Hall–Kier alpha value is -2.15. The Labute approximate surface area is 158 Å². The van der Waals surface area contributed by atoms with Crippen LogP contribution in [0.2, 0.25) is 0 Å². The second kappa shape index (κ2) is 5.19. The number of methoxy groups -OCH3 is 1. The Bertz CT molecular complexity index is 871. The van der Waals surface area contributed by atoms with E-state index < -0.39 is 0 Å². The van der Waals surface area contributed by atoms with Crippen LogP contribution in [0.3, 0.4) is 0 Å². The lowest BCUT2D eigenvalue weighted by atomic mass is 9.85. The highest BCUT2D eigenvalue weighted by atomic mass is 79.9. The predicted molar refractivity (Wildman–Crippen MR) is 96.6 cm³/mol. The average molecular weight is 417 g/mol. The van der Waals surface area contributed by atoms with Crippen LogP contribution in [0.4, 0.5) is 0 Å². The van der Waals surface area contributed by atoms with Gasteiger partial charge in [0.25, 0.3) is 11.8 Å². The van der Waals surface area contributed by atoms with Crippen LogP contribution in [0, 0.1) is 29.1 Å². The maximum Gasteiger partial charge on any atom is 0.254 e. The zero-order valence-corrected chi connectivity index (χ0v) is 15.6. The SMILES string of the molecule is COc1cc(/C=N\N2C(=O)[C@@H]3[C@@H](C2=O)[C@@H]2C=C[C@@H]3C23CC3)cc(Br)c1O. The van der Waals surface area contributed by atoms with Gasteiger partial charge in [-0.15, -0.1) is 0 Å². The highest BCUT2D eigenvalue weighted by Crippen LogP contribution is 2.73. The van der Waals surface area contributed by atoms with Crippen LogP contribution in [-0.4, -0.2) is 35.3 Å². The first-order valence-electron chi connectivity index (χ1n) is 8.64. The average Bonchev–Trinajstić information content (AvgIpc) is 3.23. The number of hydrogen-bond donors (Lipinski definition) is 1. The molecule has 26 heavy (non-hydrogen) atoms. The molecule has 4 aliphatic rings. The van der Waals surface area contributed by atoms with Gasteiger partial charge in [0.15, 0.2) is 11.5 Å². The minimum atomic E-state index is -0.252. The van der Waals surface area contributed by atoms with E-state index in [-0.39, 0.29) is 52.4 Å². The molecule has 3 fully saturated rings. The molecule has 1 heterocycles. The van der Waals surface area contributed by atoms with Crippen LogP contribution in [0.15, 0.2) is 33.9 Å². The van der Waals surface area contributed by atoms with E-state index in [0.717, 1.165) is 17.9 Å². The highest BCUT2D eigenvalue weighted by molar-refractivity contribution is 9.10. The second-order valence-electron chi connectivity index (χ2n) is 7.51. The van der Waals surface area contributed by atoms with Gasteiger partial charge in [-0.05, 0) is 63.7 Å². The molecule has 1 saturated heterocycles. The molecular formula is C19H17BrN2O4. The van der Waals surface area contributed by atoms with Gasteiger partial charge in [-0.3, -0.25) is 9.59 Å². The maximum atomic E-state index is 12.9. The molecule has 1 aromatic rings. The number of nitrogens with zero attached hydrogens (tertiary/aromatic N) is 2. The van der Waals surface area contributed by atoms with E-state index in [2.05, 4.69) is 33.2 Å². The first kappa shape index (κ1) is 16.1. The summed E-state index contributed by atoms with van der Waals surface area (Å²) >= 11 is 3.25. The van der Waals surface area contributed by atoms with Crippen molar-refractivity contribution >= 4 is 34.0 Å². The summed E-state index contributed by atoms with van der Waals surface area (Å²) in [5.74, 6) is -0.224. The number of benzene rings is 1. The van der Waals surface area contributed by atoms with Gasteiger partial charge in [-0.1, -0.05) is 12.2 Å². The molecule has 0 unspecified atom stereocenters. The molecule has 1 N–H and O–H groups in total. The second-order valence-corrected chi connectivity index (χ2v) is 8.36. The van der Waals surface area contributed by atoms with Crippen molar-refractivity contribution in [3.05, 3.63) is 34.3 Å². The summed E-state index contributed by atoms with van der Waals surface area (Å²) in [4.78, 5) is 25.7. The van der Waals surface area contributed by atoms with E-state index in [1.165, 1.54) is 13.3 Å². The zero-order chi connectivity index (χ0) is 18.2. The number of fused-ring (bicyclic) bond motifs is 3. The molecule has 0 aromatic heterocycles. The number of hydrazone groups is 1.